The minimum atomic E-state index is -3.56. The summed E-state index contributed by atoms with van der Waals surface area (Å²) >= 11 is 1.43. The first-order valence-corrected chi connectivity index (χ1v) is 8.62. The molecular weight excluding hydrogens is 294 g/mol. The predicted octanol–water partition coefficient (Wildman–Crippen LogP) is 2.36. The molecule has 2 aromatic rings. The minimum Gasteiger partial charge on any atom is -0.312 e. The van der Waals surface area contributed by atoms with Crippen LogP contribution in [-0.4, -0.2) is 19.9 Å². The van der Waals surface area contributed by atoms with E-state index in [2.05, 4.69) is 15.0 Å². The lowest BCUT2D eigenvalue weighted by atomic mass is 10.4. The van der Waals surface area contributed by atoms with Crippen molar-refractivity contribution in [2.75, 3.05) is 11.3 Å². The first kappa shape index (κ1) is 15.0. The minimum absolute atomic E-state index is 0.277. The Morgan fingerprint density at radius 3 is 2.85 bits per heavy atom. The average molecular weight is 311 g/mol. The van der Waals surface area contributed by atoms with Crippen molar-refractivity contribution in [2.45, 2.75) is 25.3 Å². The van der Waals surface area contributed by atoms with Gasteiger partial charge in [-0.15, -0.1) is 11.3 Å². The van der Waals surface area contributed by atoms with E-state index in [0.717, 1.165) is 17.1 Å². The molecule has 108 valence electrons. The third-order valence-electron chi connectivity index (χ3n) is 2.62. The maximum absolute atomic E-state index is 12.2. The molecule has 2 N–H and O–H groups in total. The van der Waals surface area contributed by atoms with Gasteiger partial charge in [-0.2, -0.15) is 0 Å². The Kier molecular flexibility index (Phi) is 4.74. The van der Waals surface area contributed by atoms with E-state index in [1.54, 1.807) is 23.6 Å². The molecule has 0 fully saturated rings. The van der Waals surface area contributed by atoms with E-state index in [-0.39, 0.29) is 4.90 Å². The number of thiophene rings is 1. The lowest BCUT2D eigenvalue weighted by molar-refractivity contribution is 0.601. The van der Waals surface area contributed by atoms with Crippen molar-refractivity contribution in [3.05, 3.63) is 40.2 Å². The van der Waals surface area contributed by atoms with Gasteiger partial charge in [0.1, 0.15) is 5.82 Å². The molecule has 0 aliphatic heterocycles. The van der Waals surface area contributed by atoms with Crippen LogP contribution >= 0.6 is 11.3 Å². The molecule has 5 nitrogen and oxygen atoms in total. The zero-order valence-electron chi connectivity index (χ0n) is 11.4. The van der Waals surface area contributed by atoms with Crippen molar-refractivity contribution >= 4 is 27.2 Å². The molecule has 0 bridgehead atoms. The highest BCUT2D eigenvalue weighted by atomic mass is 32.2. The molecule has 0 spiro atoms. The molecule has 2 heterocycles. The van der Waals surface area contributed by atoms with Crippen LogP contribution in [0.25, 0.3) is 0 Å². The monoisotopic (exact) mass is 311 g/mol. The summed E-state index contributed by atoms with van der Waals surface area (Å²) in [6.45, 7) is 5.36. The van der Waals surface area contributed by atoms with E-state index in [9.17, 15) is 8.42 Å². The molecule has 2 rings (SSSR count). The summed E-state index contributed by atoms with van der Waals surface area (Å²) in [7, 11) is -3.56. The third-order valence-corrected chi connectivity index (χ3v) is 5.04. The maximum Gasteiger partial charge on any atom is 0.263 e. The number of hydrogen-bond donors (Lipinski definition) is 2. The Hall–Kier alpha value is -1.44. The standard InChI is InChI=1S/C13H17N3O2S2/c1-3-14-8-11-7-12(9-19-11)20(17,18)16-13-6-4-5-10(2)15-13/h4-7,9,14H,3,8H2,1-2H3,(H,15,16). The molecule has 20 heavy (non-hydrogen) atoms. The van der Waals surface area contributed by atoms with Crippen molar-refractivity contribution in [2.24, 2.45) is 0 Å². The SMILES string of the molecule is CCNCc1cc(S(=O)(=O)Nc2cccc(C)n2)cs1. The van der Waals surface area contributed by atoms with E-state index < -0.39 is 10.0 Å². The number of nitrogens with one attached hydrogen (secondary N) is 2. The van der Waals surface area contributed by atoms with Crippen molar-refractivity contribution < 1.29 is 8.42 Å². The summed E-state index contributed by atoms with van der Waals surface area (Å²) in [4.78, 5) is 5.41. The summed E-state index contributed by atoms with van der Waals surface area (Å²) in [5, 5.41) is 4.81. The predicted molar refractivity (Wildman–Crippen MR) is 81.5 cm³/mol. The fourth-order valence-corrected chi connectivity index (χ4v) is 3.88. The van der Waals surface area contributed by atoms with Gasteiger partial charge in [-0.25, -0.2) is 13.4 Å². The lowest BCUT2D eigenvalue weighted by Gasteiger charge is -2.05. The second-order valence-corrected chi connectivity index (χ2v) is 6.98. The molecule has 0 aromatic carbocycles. The van der Waals surface area contributed by atoms with Crippen LogP contribution in [0.15, 0.2) is 34.5 Å². The molecule has 0 atom stereocenters. The molecule has 0 unspecified atom stereocenters. The Morgan fingerprint density at radius 2 is 2.15 bits per heavy atom. The first-order valence-electron chi connectivity index (χ1n) is 6.26. The molecule has 7 heteroatoms. The third kappa shape index (κ3) is 3.78. The second kappa shape index (κ2) is 6.34. The van der Waals surface area contributed by atoms with Gasteiger partial charge in [0.05, 0.1) is 4.90 Å². The molecule has 0 saturated heterocycles. The van der Waals surface area contributed by atoms with Crippen LogP contribution in [0.2, 0.25) is 0 Å². The van der Waals surface area contributed by atoms with Gasteiger partial charge in [0.2, 0.25) is 0 Å². The van der Waals surface area contributed by atoms with Crippen molar-refractivity contribution in [1.82, 2.24) is 10.3 Å². The first-order chi connectivity index (χ1) is 9.51. The number of anilines is 1. The lowest BCUT2D eigenvalue weighted by Crippen LogP contribution is -2.13. The van der Waals surface area contributed by atoms with Crippen LogP contribution in [0.3, 0.4) is 0 Å². The van der Waals surface area contributed by atoms with Crippen LogP contribution in [0.4, 0.5) is 5.82 Å². The number of sulfonamides is 1. The molecule has 2 aromatic heterocycles. The Labute approximate surface area is 123 Å². The summed E-state index contributed by atoms with van der Waals surface area (Å²) in [5.41, 5.74) is 0.767. The summed E-state index contributed by atoms with van der Waals surface area (Å²) < 4.78 is 27.0. The molecule has 0 saturated carbocycles. The summed E-state index contributed by atoms with van der Waals surface area (Å²) in [6, 6.07) is 6.91. The van der Waals surface area contributed by atoms with Crippen molar-refractivity contribution in [3.8, 4) is 0 Å². The number of aryl methyl sites for hydroxylation is 1. The number of aromatic nitrogens is 1. The van der Waals surface area contributed by atoms with E-state index >= 15 is 0 Å². The fourth-order valence-electron chi connectivity index (χ4n) is 1.64. The normalized spacial score (nSPS) is 11.5. The van der Waals surface area contributed by atoms with Gasteiger partial charge in [-0.1, -0.05) is 13.0 Å². The number of pyridine rings is 1. The van der Waals surface area contributed by atoms with E-state index in [1.807, 2.05) is 19.9 Å². The van der Waals surface area contributed by atoms with Crippen LogP contribution in [-0.2, 0) is 16.6 Å². The Balaban J connectivity index is 2.16. The largest absolute Gasteiger partial charge is 0.312 e. The Morgan fingerprint density at radius 1 is 1.35 bits per heavy atom. The fraction of sp³-hybridized carbons (Fsp3) is 0.308. The second-order valence-electron chi connectivity index (χ2n) is 4.30. The van der Waals surface area contributed by atoms with Crippen LogP contribution in [0, 0.1) is 6.92 Å². The summed E-state index contributed by atoms with van der Waals surface area (Å²) in [6.07, 6.45) is 0. The zero-order chi connectivity index (χ0) is 14.6. The van der Waals surface area contributed by atoms with Crippen LogP contribution in [0.1, 0.15) is 17.5 Å². The van der Waals surface area contributed by atoms with Crippen molar-refractivity contribution in [1.29, 1.82) is 0 Å². The van der Waals surface area contributed by atoms with Gasteiger partial charge in [0.25, 0.3) is 10.0 Å². The van der Waals surface area contributed by atoms with Crippen LogP contribution in [0.5, 0.6) is 0 Å². The highest BCUT2D eigenvalue weighted by molar-refractivity contribution is 7.92. The Bertz CT molecular complexity index is 680. The smallest absolute Gasteiger partial charge is 0.263 e. The summed E-state index contributed by atoms with van der Waals surface area (Å²) in [5.74, 6) is 0.337. The topological polar surface area (TPSA) is 71.1 Å². The van der Waals surface area contributed by atoms with E-state index in [4.69, 9.17) is 0 Å². The highest BCUT2D eigenvalue weighted by Crippen LogP contribution is 2.21. The van der Waals surface area contributed by atoms with Gasteiger partial charge in [0.15, 0.2) is 0 Å². The van der Waals surface area contributed by atoms with Crippen LogP contribution < -0.4 is 10.0 Å². The van der Waals surface area contributed by atoms with Gasteiger partial charge in [-0.05, 0) is 31.7 Å². The molecule has 0 radical (unpaired) electrons. The zero-order valence-corrected chi connectivity index (χ0v) is 13.0. The number of hydrogen-bond acceptors (Lipinski definition) is 5. The highest BCUT2D eigenvalue weighted by Gasteiger charge is 2.16. The molecule has 0 aliphatic carbocycles. The molecular formula is C13H17N3O2S2. The average Bonchev–Trinajstić information content (AvgIpc) is 2.85. The van der Waals surface area contributed by atoms with Crippen molar-refractivity contribution in [3.63, 3.8) is 0 Å². The van der Waals surface area contributed by atoms with Gasteiger partial charge < -0.3 is 5.32 Å². The van der Waals surface area contributed by atoms with Gasteiger partial charge in [0, 0.05) is 22.5 Å². The van der Waals surface area contributed by atoms with Gasteiger partial charge >= 0.3 is 0 Å². The number of nitrogens with zero attached hydrogens (tertiary/aromatic N) is 1. The molecule has 0 amide bonds. The van der Waals surface area contributed by atoms with E-state index in [0.29, 0.717) is 12.4 Å². The van der Waals surface area contributed by atoms with Gasteiger partial charge in [-0.3, -0.25) is 4.72 Å². The number of rotatable bonds is 6. The maximum atomic E-state index is 12.2. The quantitative estimate of drug-likeness (QED) is 0.859. The van der Waals surface area contributed by atoms with E-state index in [1.165, 1.54) is 11.3 Å². The molecule has 0 aliphatic rings.